The maximum Gasteiger partial charge on any atom is 0.282 e. The zero-order chi connectivity index (χ0) is 14.2. The van der Waals surface area contributed by atoms with E-state index in [0.717, 1.165) is 6.07 Å². The fourth-order valence-corrected chi connectivity index (χ4v) is 2.80. The fourth-order valence-electron chi connectivity index (χ4n) is 1.51. The molecule has 0 atom stereocenters. The van der Waals surface area contributed by atoms with Crippen LogP contribution in [-0.4, -0.2) is 11.2 Å². The summed E-state index contributed by atoms with van der Waals surface area (Å²) in [5.41, 5.74) is -0.397. The van der Waals surface area contributed by atoms with Crippen molar-refractivity contribution in [3.8, 4) is 11.3 Å². The predicted octanol–water partition coefficient (Wildman–Crippen LogP) is 4.33. The number of carbonyl (C=O) groups excluding carboxylic acids is 1. The first-order valence-electron chi connectivity index (χ1n) is 4.83. The molecule has 0 aliphatic carbocycles. The van der Waals surface area contributed by atoms with Gasteiger partial charge in [0.05, 0.1) is 13.9 Å². The Kier molecular flexibility index (Phi) is 3.81. The van der Waals surface area contributed by atoms with Crippen LogP contribution in [0, 0.1) is 15.9 Å². The largest absolute Gasteiger partial charge is 0.453 e. The van der Waals surface area contributed by atoms with Gasteiger partial charge in [0.1, 0.15) is 11.3 Å². The first kappa shape index (κ1) is 13.9. The Labute approximate surface area is 122 Å². The summed E-state index contributed by atoms with van der Waals surface area (Å²) >= 11 is 5.85. The highest BCUT2D eigenvalue weighted by Gasteiger charge is 2.26. The molecule has 19 heavy (non-hydrogen) atoms. The van der Waals surface area contributed by atoms with Crippen LogP contribution in [0.2, 0.25) is 0 Å². The molecule has 2 aromatic rings. The Morgan fingerprint density at radius 2 is 2.05 bits per heavy atom. The SMILES string of the molecule is O=Cc1ccc(-c2c([N+](=O)[O-])cc(Br)c(F)c2Br)o1. The van der Waals surface area contributed by atoms with Gasteiger partial charge in [0.15, 0.2) is 17.9 Å². The molecule has 98 valence electrons. The summed E-state index contributed by atoms with van der Waals surface area (Å²) in [5, 5.41) is 11.0. The van der Waals surface area contributed by atoms with Crippen LogP contribution < -0.4 is 0 Å². The van der Waals surface area contributed by atoms with Crippen LogP contribution in [0.3, 0.4) is 0 Å². The Morgan fingerprint density at radius 3 is 2.58 bits per heavy atom. The number of halogens is 3. The van der Waals surface area contributed by atoms with E-state index in [4.69, 9.17) is 4.42 Å². The van der Waals surface area contributed by atoms with Gasteiger partial charge in [0, 0.05) is 6.07 Å². The Bertz CT molecular complexity index is 684. The van der Waals surface area contributed by atoms with Crippen LogP contribution in [0.1, 0.15) is 10.6 Å². The normalized spacial score (nSPS) is 10.5. The molecule has 0 fully saturated rings. The molecular formula is C11H4Br2FNO4. The van der Waals surface area contributed by atoms with Crippen molar-refractivity contribution in [3.05, 3.63) is 48.8 Å². The van der Waals surface area contributed by atoms with Gasteiger partial charge in [-0.2, -0.15) is 0 Å². The van der Waals surface area contributed by atoms with Crippen molar-refractivity contribution in [3.63, 3.8) is 0 Å². The molecule has 0 aliphatic rings. The number of hydrogen-bond donors (Lipinski definition) is 0. The average molecular weight is 393 g/mol. The van der Waals surface area contributed by atoms with Crippen LogP contribution >= 0.6 is 31.9 Å². The highest BCUT2D eigenvalue weighted by molar-refractivity contribution is 9.11. The number of benzene rings is 1. The Balaban J connectivity index is 2.76. The number of nitro benzene ring substituents is 1. The number of rotatable bonds is 3. The summed E-state index contributed by atoms with van der Waals surface area (Å²) in [6, 6.07) is 3.75. The molecule has 0 spiro atoms. The lowest BCUT2D eigenvalue weighted by Gasteiger charge is -2.05. The second kappa shape index (κ2) is 5.22. The Morgan fingerprint density at radius 1 is 1.37 bits per heavy atom. The summed E-state index contributed by atoms with van der Waals surface area (Å²) in [6.45, 7) is 0. The van der Waals surface area contributed by atoms with Crippen LogP contribution in [0.5, 0.6) is 0 Å². The topological polar surface area (TPSA) is 73.3 Å². The standard InChI is InChI=1S/C11H4Br2FNO4/c12-6-3-7(15(17)18)9(10(13)11(6)14)8-2-1-5(4-16)19-8/h1-4H. The molecule has 0 bridgehead atoms. The van der Waals surface area contributed by atoms with Gasteiger partial charge < -0.3 is 4.42 Å². The molecule has 0 radical (unpaired) electrons. The van der Waals surface area contributed by atoms with Gasteiger partial charge in [-0.3, -0.25) is 14.9 Å². The molecule has 0 saturated heterocycles. The minimum atomic E-state index is -0.690. The van der Waals surface area contributed by atoms with E-state index in [1.807, 2.05) is 0 Å². The molecule has 0 amide bonds. The number of furan rings is 1. The van der Waals surface area contributed by atoms with Gasteiger partial charge in [-0.05, 0) is 44.0 Å². The van der Waals surface area contributed by atoms with Crippen molar-refractivity contribution >= 4 is 43.8 Å². The van der Waals surface area contributed by atoms with Crippen molar-refractivity contribution < 1.29 is 18.5 Å². The lowest BCUT2D eigenvalue weighted by Crippen LogP contribution is -1.95. The molecule has 8 heteroatoms. The minimum absolute atomic E-state index is 0.000440. The average Bonchev–Trinajstić information content (AvgIpc) is 2.83. The van der Waals surface area contributed by atoms with Crippen LogP contribution in [0.25, 0.3) is 11.3 Å². The summed E-state index contributed by atoms with van der Waals surface area (Å²) in [7, 11) is 0. The van der Waals surface area contributed by atoms with E-state index in [0.29, 0.717) is 6.29 Å². The molecule has 5 nitrogen and oxygen atoms in total. The molecular weight excluding hydrogens is 389 g/mol. The van der Waals surface area contributed by atoms with E-state index in [2.05, 4.69) is 31.9 Å². The summed E-state index contributed by atoms with van der Waals surface area (Å²) in [4.78, 5) is 20.9. The monoisotopic (exact) mass is 391 g/mol. The van der Waals surface area contributed by atoms with E-state index in [1.165, 1.54) is 12.1 Å². The first-order chi connectivity index (χ1) is 8.95. The molecule has 0 unspecified atom stereocenters. The predicted molar refractivity (Wildman–Crippen MR) is 71.5 cm³/mol. The van der Waals surface area contributed by atoms with Gasteiger partial charge in [-0.25, -0.2) is 4.39 Å². The molecule has 2 rings (SSSR count). The van der Waals surface area contributed by atoms with Crippen molar-refractivity contribution in [2.24, 2.45) is 0 Å². The lowest BCUT2D eigenvalue weighted by atomic mass is 10.1. The van der Waals surface area contributed by atoms with E-state index < -0.39 is 10.7 Å². The van der Waals surface area contributed by atoms with Crippen LogP contribution in [-0.2, 0) is 0 Å². The van der Waals surface area contributed by atoms with Crippen molar-refractivity contribution in [2.45, 2.75) is 0 Å². The summed E-state index contributed by atoms with van der Waals surface area (Å²) < 4.78 is 18.7. The van der Waals surface area contributed by atoms with Crippen LogP contribution in [0.4, 0.5) is 10.1 Å². The number of nitro groups is 1. The number of carbonyl (C=O) groups is 1. The minimum Gasteiger partial charge on any atom is -0.453 e. The molecule has 1 heterocycles. The third-order valence-electron chi connectivity index (χ3n) is 2.33. The second-order valence-electron chi connectivity index (χ2n) is 3.46. The molecule has 1 aromatic heterocycles. The van der Waals surface area contributed by atoms with Crippen LogP contribution in [0.15, 0.2) is 31.6 Å². The first-order valence-corrected chi connectivity index (χ1v) is 6.41. The molecule has 1 aromatic carbocycles. The van der Waals surface area contributed by atoms with E-state index >= 15 is 0 Å². The zero-order valence-electron chi connectivity index (χ0n) is 9.02. The Hall–Kier alpha value is -1.54. The van der Waals surface area contributed by atoms with Gasteiger partial charge in [-0.15, -0.1) is 0 Å². The summed E-state index contributed by atoms with van der Waals surface area (Å²) in [6.07, 6.45) is 0.457. The smallest absolute Gasteiger partial charge is 0.282 e. The highest BCUT2D eigenvalue weighted by Crippen LogP contribution is 2.41. The van der Waals surface area contributed by atoms with E-state index in [-0.39, 0.29) is 31.7 Å². The third-order valence-corrected chi connectivity index (χ3v) is 3.65. The second-order valence-corrected chi connectivity index (χ2v) is 5.10. The van der Waals surface area contributed by atoms with Gasteiger partial charge in [0.25, 0.3) is 5.69 Å². The number of nitrogens with zero attached hydrogens (tertiary/aromatic N) is 1. The molecule has 0 aliphatic heterocycles. The zero-order valence-corrected chi connectivity index (χ0v) is 12.2. The molecule has 0 N–H and O–H groups in total. The number of aldehydes is 1. The lowest BCUT2D eigenvalue weighted by molar-refractivity contribution is -0.384. The van der Waals surface area contributed by atoms with Gasteiger partial charge in [0.2, 0.25) is 0 Å². The van der Waals surface area contributed by atoms with Crippen molar-refractivity contribution in [1.29, 1.82) is 0 Å². The number of hydrogen-bond acceptors (Lipinski definition) is 4. The summed E-state index contributed by atoms with van der Waals surface area (Å²) in [5.74, 6) is -0.656. The highest BCUT2D eigenvalue weighted by atomic mass is 79.9. The molecule has 0 saturated carbocycles. The maximum atomic E-state index is 13.8. The fraction of sp³-hybridized carbons (Fsp3) is 0. The van der Waals surface area contributed by atoms with E-state index in [9.17, 15) is 19.3 Å². The maximum absolute atomic E-state index is 13.8. The third kappa shape index (κ3) is 2.45. The van der Waals surface area contributed by atoms with E-state index in [1.54, 1.807) is 0 Å². The van der Waals surface area contributed by atoms with Gasteiger partial charge in [-0.1, -0.05) is 0 Å². The quantitative estimate of drug-likeness (QED) is 0.337. The van der Waals surface area contributed by atoms with Crippen molar-refractivity contribution in [2.75, 3.05) is 0 Å². The van der Waals surface area contributed by atoms with Crippen molar-refractivity contribution in [1.82, 2.24) is 0 Å². The van der Waals surface area contributed by atoms with Gasteiger partial charge >= 0.3 is 0 Å².